The molecule has 0 spiro atoms. The number of rotatable bonds is 8. The van der Waals surface area contributed by atoms with Gasteiger partial charge in [-0.05, 0) is 23.3 Å². The summed E-state index contributed by atoms with van der Waals surface area (Å²) < 4.78 is 10.4. The van der Waals surface area contributed by atoms with Crippen molar-refractivity contribution in [2.24, 2.45) is 0 Å². The van der Waals surface area contributed by atoms with Crippen LogP contribution in [0.5, 0.6) is 0 Å². The van der Waals surface area contributed by atoms with Crippen LogP contribution in [0.4, 0.5) is 0 Å². The van der Waals surface area contributed by atoms with Gasteiger partial charge in [0.25, 0.3) is 5.91 Å². The van der Waals surface area contributed by atoms with Crippen LogP contribution in [0, 0.1) is 0 Å². The van der Waals surface area contributed by atoms with Crippen molar-refractivity contribution in [3.63, 3.8) is 0 Å². The second-order valence-electron chi connectivity index (χ2n) is 6.47. The Morgan fingerprint density at radius 1 is 1.04 bits per heavy atom. The fourth-order valence-corrected chi connectivity index (χ4v) is 2.93. The number of carbonyl (C=O) groups excluding carboxylic acids is 2. The summed E-state index contributed by atoms with van der Waals surface area (Å²) in [5, 5.41) is 5.55. The highest BCUT2D eigenvalue weighted by Gasteiger charge is 2.11. The van der Waals surface area contributed by atoms with E-state index in [0.29, 0.717) is 6.54 Å². The fraction of sp³-hybridized carbons (Fsp3) is 0.400. The van der Waals surface area contributed by atoms with Crippen LogP contribution in [0.3, 0.4) is 0 Å². The Hall–Kier alpha value is -2.64. The number of hydrogen-bond acceptors (Lipinski definition) is 5. The third-order valence-electron chi connectivity index (χ3n) is 4.37. The van der Waals surface area contributed by atoms with Gasteiger partial charge in [-0.15, -0.1) is 0 Å². The molecule has 2 aromatic rings. The maximum atomic E-state index is 12.0. The van der Waals surface area contributed by atoms with Crippen molar-refractivity contribution in [3.05, 3.63) is 59.5 Å². The number of amides is 2. The molecule has 3 rings (SSSR count). The molecule has 27 heavy (non-hydrogen) atoms. The van der Waals surface area contributed by atoms with E-state index >= 15 is 0 Å². The van der Waals surface area contributed by atoms with Crippen molar-refractivity contribution in [2.75, 3.05) is 32.8 Å². The maximum Gasteiger partial charge on any atom is 0.286 e. The van der Waals surface area contributed by atoms with Gasteiger partial charge in [0.2, 0.25) is 5.91 Å². The number of hydrogen-bond donors (Lipinski definition) is 2. The second kappa shape index (κ2) is 9.89. The van der Waals surface area contributed by atoms with E-state index in [9.17, 15) is 9.59 Å². The largest absolute Gasteiger partial charge is 0.459 e. The van der Waals surface area contributed by atoms with Gasteiger partial charge in [-0.25, -0.2) is 0 Å². The lowest BCUT2D eigenvalue weighted by atomic mass is 10.1. The first-order valence-electron chi connectivity index (χ1n) is 9.17. The van der Waals surface area contributed by atoms with Crippen LogP contribution in [0.1, 0.15) is 28.1 Å². The predicted octanol–water partition coefficient (Wildman–Crippen LogP) is 1.55. The maximum absolute atomic E-state index is 12.0. The van der Waals surface area contributed by atoms with E-state index in [-0.39, 0.29) is 30.5 Å². The zero-order valence-electron chi connectivity index (χ0n) is 15.3. The van der Waals surface area contributed by atoms with Crippen LogP contribution in [-0.4, -0.2) is 49.6 Å². The Morgan fingerprint density at radius 3 is 2.63 bits per heavy atom. The van der Waals surface area contributed by atoms with E-state index in [4.69, 9.17) is 9.15 Å². The monoisotopic (exact) mass is 371 g/mol. The van der Waals surface area contributed by atoms with Gasteiger partial charge in [-0.2, -0.15) is 0 Å². The van der Waals surface area contributed by atoms with Crippen molar-refractivity contribution in [3.8, 4) is 0 Å². The van der Waals surface area contributed by atoms with Gasteiger partial charge >= 0.3 is 0 Å². The lowest BCUT2D eigenvalue weighted by Crippen LogP contribution is -2.35. The number of nitrogens with one attached hydrogen (secondary N) is 2. The molecule has 1 aliphatic heterocycles. The average molecular weight is 371 g/mol. The highest BCUT2D eigenvalue weighted by atomic mass is 16.5. The normalized spacial score (nSPS) is 14.7. The van der Waals surface area contributed by atoms with Crippen molar-refractivity contribution < 1.29 is 18.7 Å². The van der Waals surface area contributed by atoms with E-state index in [2.05, 4.69) is 27.7 Å². The summed E-state index contributed by atoms with van der Waals surface area (Å²) in [4.78, 5) is 26.1. The second-order valence-corrected chi connectivity index (χ2v) is 6.47. The predicted molar refractivity (Wildman–Crippen MR) is 100 cm³/mol. The number of benzene rings is 1. The van der Waals surface area contributed by atoms with Gasteiger partial charge in [-0.3, -0.25) is 14.5 Å². The third kappa shape index (κ3) is 6.23. The molecule has 0 atom stereocenters. The zero-order valence-corrected chi connectivity index (χ0v) is 15.3. The van der Waals surface area contributed by atoms with Gasteiger partial charge in [-0.1, -0.05) is 24.3 Å². The van der Waals surface area contributed by atoms with E-state index in [0.717, 1.165) is 38.4 Å². The molecule has 144 valence electrons. The standard InChI is InChI=1S/C20H25N3O4/c24-19(6-7-21-20(25)18-5-2-10-27-18)22-14-16-3-1-4-17(13-16)15-23-8-11-26-12-9-23/h1-5,10,13H,6-9,11-12,14-15H2,(H,21,25)(H,22,24). The van der Waals surface area contributed by atoms with Crippen LogP contribution < -0.4 is 10.6 Å². The van der Waals surface area contributed by atoms with Crippen LogP contribution in [0.2, 0.25) is 0 Å². The summed E-state index contributed by atoms with van der Waals surface area (Å²) in [5.74, 6) is -0.176. The van der Waals surface area contributed by atoms with Gasteiger partial charge in [0, 0.05) is 39.1 Å². The summed E-state index contributed by atoms with van der Waals surface area (Å²) in [7, 11) is 0. The Morgan fingerprint density at radius 2 is 1.85 bits per heavy atom. The van der Waals surface area contributed by atoms with E-state index in [1.807, 2.05) is 12.1 Å². The minimum absolute atomic E-state index is 0.103. The molecule has 1 aromatic heterocycles. The molecule has 2 heterocycles. The van der Waals surface area contributed by atoms with Crippen LogP contribution in [0.25, 0.3) is 0 Å². The quantitative estimate of drug-likeness (QED) is 0.736. The molecule has 1 fully saturated rings. The lowest BCUT2D eigenvalue weighted by Gasteiger charge is -2.26. The topological polar surface area (TPSA) is 83.8 Å². The first-order chi connectivity index (χ1) is 13.2. The summed E-state index contributed by atoms with van der Waals surface area (Å²) >= 11 is 0. The van der Waals surface area contributed by atoms with Crippen LogP contribution >= 0.6 is 0 Å². The molecular weight excluding hydrogens is 346 g/mol. The molecule has 0 saturated carbocycles. The molecule has 1 aliphatic rings. The first-order valence-corrected chi connectivity index (χ1v) is 9.17. The zero-order chi connectivity index (χ0) is 18.9. The van der Waals surface area contributed by atoms with Crippen LogP contribution in [0.15, 0.2) is 47.1 Å². The van der Waals surface area contributed by atoms with Crippen molar-refractivity contribution in [1.29, 1.82) is 0 Å². The molecule has 7 heteroatoms. The van der Waals surface area contributed by atoms with Gasteiger partial charge in [0.1, 0.15) is 0 Å². The van der Waals surface area contributed by atoms with Crippen molar-refractivity contribution in [1.82, 2.24) is 15.5 Å². The smallest absolute Gasteiger partial charge is 0.286 e. The SMILES string of the molecule is O=C(CCNC(=O)c1ccco1)NCc1cccc(CN2CCOCC2)c1. The molecule has 0 aliphatic carbocycles. The molecule has 7 nitrogen and oxygen atoms in total. The molecule has 0 radical (unpaired) electrons. The van der Waals surface area contributed by atoms with Gasteiger partial charge in [0.15, 0.2) is 5.76 Å². The van der Waals surface area contributed by atoms with E-state index in [1.54, 1.807) is 12.1 Å². The number of carbonyl (C=O) groups is 2. The minimum Gasteiger partial charge on any atom is -0.459 e. The summed E-state index contributed by atoms with van der Waals surface area (Å²) in [6, 6.07) is 11.5. The average Bonchev–Trinajstić information content (AvgIpc) is 3.22. The number of furan rings is 1. The minimum atomic E-state index is -0.316. The van der Waals surface area contributed by atoms with Crippen LogP contribution in [-0.2, 0) is 22.6 Å². The summed E-state index contributed by atoms with van der Waals surface area (Å²) in [6.07, 6.45) is 1.66. The number of nitrogens with zero attached hydrogens (tertiary/aromatic N) is 1. The highest BCUT2D eigenvalue weighted by Crippen LogP contribution is 2.10. The summed E-state index contributed by atoms with van der Waals surface area (Å²) in [5.41, 5.74) is 2.29. The molecule has 2 N–H and O–H groups in total. The molecular formula is C20H25N3O4. The van der Waals surface area contributed by atoms with Gasteiger partial charge < -0.3 is 19.8 Å². The molecule has 2 amide bonds. The number of morpholine rings is 1. The Bertz CT molecular complexity index is 739. The Labute approximate surface area is 158 Å². The number of ether oxygens (including phenoxy) is 1. The molecule has 1 saturated heterocycles. The molecule has 1 aromatic carbocycles. The van der Waals surface area contributed by atoms with Crippen molar-refractivity contribution in [2.45, 2.75) is 19.5 Å². The molecule has 0 bridgehead atoms. The molecule has 0 unspecified atom stereocenters. The fourth-order valence-electron chi connectivity index (χ4n) is 2.93. The highest BCUT2D eigenvalue weighted by molar-refractivity contribution is 5.91. The Kier molecular flexibility index (Phi) is 7.01. The van der Waals surface area contributed by atoms with Crippen molar-refractivity contribution >= 4 is 11.8 Å². The van der Waals surface area contributed by atoms with E-state index < -0.39 is 0 Å². The summed E-state index contributed by atoms with van der Waals surface area (Å²) in [6.45, 7) is 5.10. The van der Waals surface area contributed by atoms with Gasteiger partial charge in [0.05, 0.1) is 19.5 Å². The lowest BCUT2D eigenvalue weighted by molar-refractivity contribution is -0.121. The first kappa shape index (κ1) is 19.1. The van der Waals surface area contributed by atoms with E-state index in [1.165, 1.54) is 11.8 Å². The Balaban J connectivity index is 1.38. The third-order valence-corrected chi connectivity index (χ3v) is 4.37.